The quantitative estimate of drug-likeness (QED) is 0.527. The first-order valence-electron chi connectivity index (χ1n) is 5.08. The minimum atomic E-state index is -0.735. The van der Waals surface area contributed by atoms with Gasteiger partial charge in [0.05, 0.1) is 18.3 Å². The first-order valence-corrected chi connectivity index (χ1v) is 5.08. The van der Waals surface area contributed by atoms with Gasteiger partial charge in [-0.1, -0.05) is 6.92 Å². The van der Waals surface area contributed by atoms with Gasteiger partial charge >= 0.3 is 0 Å². The first-order chi connectivity index (χ1) is 6.45. The molecule has 0 aromatic rings. The number of hydrogen-bond donors (Lipinski definition) is 3. The van der Waals surface area contributed by atoms with Crippen molar-refractivity contribution in [3.8, 4) is 0 Å². The van der Waals surface area contributed by atoms with Crippen LogP contribution in [0.15, 0.2) is 0 Å². The highest BCUT2D eigenvalue weighted by molar-refractivity contribution is 4.86. The molecule has 0 aromatic heterocycles. The largest absolute Gasteiger partial charge is 0.397 e. The molecule has 0 bridgehead atoms. The third-order valence-electron chi connectivity index (χ3n) is 2.54. The topological polar surface area (TPSA) is 69.9 Å². The van der Waals surface area contributed by atoms with Crippen LogP contribution in [0.1, 0.15) is 27.7 Å². The summed E-state index contributed by atoms with van der Waals surface area (Å²) in [6, 6.07) is 0. The molecule has 86 valence electrons. The molecule has 14 heavy (non-hydrogen) atoms. The average Bonchev–Trinajstić information content (AvgIpc) is 2.13. The molecule has 4 nitrogen and oxygen atoms in total. The minimum absolute atomic E-state index is 0.0150. The molecule has 0 aromatic carbocycles. The summed E-state index contributed by atoms with van der Waals surface area (Å²) >= 11 is 0. The summed E-state index contributed by atoms with van der Waals surface area (Å²) in [4.78, 5) is 0. The fraction of sp³-hybridized carbons (Fsp3) is 1.00. The first kappa shape index (κ1) is 13.8. The van der Waals surface area contributed by atoms with Crippen molar-refractivity contribution in [3.05, 3.63) is 0 Å². The Labute approximate surface area is 85.5 Å². The van der Waals surface area contributed by atoms with Crippen LogP contribution in [-0.2, 0) is 4.74 Å². The molecule has 1 fully saturated rings. The highest BCUT2D eigenvalue weighted by Crippen LogP contribution is 2.24. The molecule has 1 rings (SSSR count). The second-order valence-corrected chi connectivity index (χ2v) is 3.70. The van der Waals surface area contributed by atoms with E-state index in [4.69, 9.17) is 9.84 Å². The SMILES string of the molecule is CC1O[C@H](C)C(C)C(O)[C@@H]1O.CCO. The van der Waals surface area contributed by atoms with Gasteiger partial charge in [0.1, 0.15) is 6.10 Å². The van der Waals surface area contributed by atoms with Gasteiger partial charge in [-0.25, -0.2) is 0 Å². The van der Waals surface area contributed by atoms with Crippen LogP contribution in [0.2, 0.25) is 0 Å². The summed E-state index contributed by atoms with van der Waals surface area (Å²) in [5.41, 5.74) is 0. The monoisotopic (exact) mass is 206 g/mol. The number of aliphatic hydroxyl groups is 3. The molecule has 0 amide bonds. The second-order valence-electron chi connectivity index (χ2n) is 3.70. The van der Waals surface area contributed by atoms with Crippen LogP contribution < -0.4 is 0 Å². The van der Waals surface area contributed by atoms with Crippen molar-refractivity contribution in [2.24, 2.45) is 5.92 Å². The Morgan fingerprint density at radius 1 is 1.00 bits per heavy atom. The second kappa shape index (κ2) is 6.35. The van der Waals surface area contributed by atoms with Gasteiger partial charge in [-0.2, -0.15) is 0 Å². The van der Waals surface area contributed by atoms with E-state index in [0.29, 0.717) is 0 Å². The Bertz CT molecular complexity index is 137. The number of rotatable bonds is 0. The van der Waals surface area contributed by atoms with Crippen LogP contribution in [0.5, 0.6) is 0 Å². The van der Waals surface area contributed by atoms with E-state index in [2.05, 4.69) is 0 Å². The maximum Gasteiger partial charge on any atom is 0.106 e. The zero-order valence-corrected chi connectivity index (χ0v) is 9.34. The van der Waals surface area contributed by atoms with Crippen molar-refractivity contribution in [1.29, 1.82) is 0 Å². The van der Waals surface area contributed by atoms with E-state index in [-0.39, 0.29) is 24.7 Å². The van der Waals surface area contributed by atoms with Crippen molar-refractivity contribution in [2.75, 3.05) is 6.61 Å². The van der Waals surface area contributed by atoms with E-state index in [1.165, 1.54) is 0 Å². The normalized spacial score (nSPS) is 42.6. The molecule has 0 spiro atoms. The van der Waals surface area contributed by atoms with Gasteiger partial charge in [-0.3, -0.25) is 0 Å². The Balaban J connectivity index is 0.000000500. The van der Waals surface area contributed by atoms with Crippen molar-refractivity contribution in [2.45, 2.75) is 52.1 Å². The number of ether oxygens (including phenoxy) is 1. The lowest BCUT2D eigenvalue weighted by Gasteiger charge is -2.38. The predicted octanol–water partition coefficient (Wildman–Crippen LogP) is 0.150. The minimum Gasteiger partial charge on any atom is -0.397 e. The standard InChI is InChI=1S/C8H16O3.C2H6O/c1-4-5(2)11-6(3)8(10)7(4)9;1-2-3/h4-10H,1-3H3;3H,2H2,1H3/t4?,5-,6?,7?,8-;/m1./s1. The van der Waals surface area contributed by atoms with Crippen LogP contribution in [0.3, 0.4) is 0 Å². The molecular weight excluding hydrogens is 184 g/mol. The summed E-state index contributed by atoms with van der Waals surface area (Å²) in [7, 11) is 0. The van der Waals surface area contributed by atoms with Gasteiger partial charge in [-0.05, 0) is 20.8 Å². The summed E-state index contributed by atoms with van der Waals surface area (Å²) < 4.78 is 5.37. The molecule has 1 heterocycles. The van der Waals surface area contributed by atoms with Crippen LogP contribution in [-0.4, -0.2) is 46.3 Å². The molecule has 4 heteroatoms. The smallest absolute Gasteiger partial charge is 0.106 e. The number of aliphatic hydroxyl groups excluding tert-OH is 3. The van der Waals surface area contributed by atoms with E-state index in [0.717, 1.165) is 0 Å². The fourth-order valence-corrected chi connectivity index (χ4v) is 1.41. The van der Waals surface area contributed by atoms with E-state index in [9.17, 15) is 10.2 Å². The third-order valence-corrected chi connectivity index (χ3v) is 2.54. The highest BCUT2D eigenvalue weighted by atomic mass is 16.5. The summed E-state index contributed by atoms with van der Waals surface area (Å²) in [6.07, 6.45) is -1.60. The van der Waals surface area contributed by atoms with E-state index in [1.54, 1.807) is 13.8 Å². The molecule has 5 atom stereocenters. The Morgan fingerprint density at radius 2 is 1.43 bits per heavy atom. The zero-order chi connectivity index (χ0) is 11.3. The molecule has 3 N–H and O–H groups in total. The van der Waals surface area contributed by atoms with Crippen LogP contribution in [0.25, 0.3) is 0 Å². The fourth-order valence-electron chi connectivity index (χ4n) is 1.41. The lowest BCUT2D eigenvalue weighted by molar-refractivity contribution is -0.184. The molecule has 1 aliphatic heterocycles. The molecule has 0 aliphatic carbocycles. The maximum absolute atomic E-state index is 9.46. The zero-order valence-electron chi connectivity index (χ0n) is 9.34. The number of hydrogen-bond acceptors (Lipinski definition) is 4. The van der Waals surface area contributed by atoms with Gasteiger partial charge in [0.2, 0.25) is 0 Å². The van der Waals surface area contributed by atoms with Gasteiger partial charge < -0.3 is 20.1 Å². The Hall–Kier alpha value is -0.160. The molecule has 0 saturated carbocycles. The van der Waals surface area contributed by atoms with Gasteiger partial charge in [0.25, 0.3) is 0 Å². The predicted molar refractivity (Wildman–Crippen MR) is 53.9 cm³/mol. The average molecular weight is 206 g/mol. The van der Waals surface area contributed by atoms with Crippen LogP contribution in [0.4, 0.5) is 0 Å². The van der Waals surface area contributed by atoms with E-state index < -0.39 is 12.2 Å². The van der Waals surface area contributed by atoms with Crippen molar-refractivity contribution < 1.29 is 20.1 Å². The Morgan fingerprint density at radius 3 is 1.86 bits per heavy atom. The van der Waals surface area contributed by atoms with E-state index in [1.807, 2.05) is 13.8 Å². The van der Waals surface area contributed by atoms with Crippen LogP contribution >= 0.6 is 0 Å². The Kier molecular flexibility index (Phi) is 6.27. The van der Waals surface area contributed by atoms with Gasteiger partial charge in [0, 0.05) is 12.5 Å². The van der Waals surface area contributed by atoms with Crippen LogP contribution in [0, 0.1) is 5.92 Å². The van der Waals surface area contributed by atoms with Crippen molar-refractivity contribution in [3.63, 3.8) is 0 Å². The van der Waals surface area contributed by atoms with Gasteiger partial charge in [0.15, 0.2) is 0 Å². The highest BCUT2D eigenvalue weighted by Gasteiger charge is 2.37. The summed E-state index contributed by atoms with van der Waals surface area (Å²) in [5, 5.41) is 26.4. The summed E-state index contributed by atoms with van der Waals surface area (Å²) in [6.45, 7) is 7.50. The molecule has 3 unspecified atom stereocenters. The molecule has 1 saturated heterocycles. The molecular formula is C10H22O4. The molecule has 0 radical (unpaired) electrons. The van der Waals surface area contributed by atoms with Crippen molar-refractivity contribution >= 4 is 0 Å². The van der Waals surface area contributed by atoms with Gasteiger partial charge in [-0.15, -0.1) is 0 Å². The maximum atomic E-state index is 9.46. The third kappa shape index (κ3) is 3.53. The summed E-state index contributed by atoms with van der Waals surface area (Å²) in [5.74, 6) is 0.0150. The lowest BCUT2D eigenvalue weighted by atomic mass is 9.89. The van der Waals surface area contributed by atoms with Crippen molar-refractivity contribution in [1.82, 2.24) is 0 Å². The lowest BCUT2D eigenvalue weighted by Crippen LogP contribution is -2.51. The molecule has 1 aliphatic rings. The van der Waals surface area contributed by atoms with E-state index >= 15 is 0 Å².